The molecule has 0 unspecified atom stereocenters. The van der Waals surface area contributed by atoms with Gasteiger partial charge in [-0.3, -0.25) is 0 Å². The Bertz CT molecular complexity index is 1090. The normalized spacial score (nSPS) is 9.41. The van der Waals surface area contributed by atoms with Gasteiger partial charge in [-0.25, -0.2) is 14.4 Å². The zero-order valence-electron chi connectivity index (χ0n) is 18.0. The van der Waals surface area contributed by atoms with E-state index in [1.807, 2.05) is 0 Å². The number of benzene rings is 3. The van der Waals surface area contributed by atoms with Crippen molar-refractivity contribution in [1.29, 1.82) is 0 Å². The molecule has 0 amide bonds. The first-order valence-electron chi connectivity index (χ1n) is 9.01. The molecule has 198 valence electrons. The van der Waals surface area contributed by atoms with Gasteiger partial charge in [-0.1, -0.05) is 0 Å². The molecule has 0 bridgehead atoms. The third-order valence-corrected chi connectivity index (χ3v) is 3.95. The first-order chi connectivity index (χ1) is 16.6. The summed E-state index contributed by atoms with van der Waals surface area (Å²) in [7, 11) is 0. The Morgan fingerprint density at radius 3 is 0.622 bits per heavy atom. The predicted molar refractivity (Wildman–Crippen MR) is 115 cm³/mol. The molecule has 3 aromatic carbocycles. The molecule has 37 heavy (non-hydrogen) atoms. The van der Waals surface area contributed by atoms with Crippen LogP contribution in [0.2, 0.25) is 0 Å². The second-order valence-corrected chi connectivity index (χ2v) is 6.50. The summed E-state index contributed by atoms with van der Waals surface area (Å²) in [5.74, 6) is -10.00. The molecule has 0 aromatic heterocycles. The van der Waals surface area contributed by atoms with Crippen LogP contribution < -0.4 is 0 Å². The molecule has 0 aliphatic carbocycles. The van der Waals surface area contributed by atoms with Crippen LogP contribution in [0.3, 0.4) is 0 Å². The Kier molecular flexibility index (Phi) is 12.0. The Morgan fingerprint density at radius 1 is 0.378 bits per heavy atom. The molecule has 0 spiro atoms. The molecule has 0 aliphatic rings. The van der Waals surface area contributed by atoms with E-state index in [1.54, 1.807) is 0 Å². The van der Waals surface area contributed by atoms with Crippen molar-refractivity contribution in [1.82, 2.24) is 0 Å². The van der Waals surface area contributed by atoms with Crippen LogP contribution in [-0.2, 0) is 0 Å². The van der Waals surface area contributed by atoms with Crippen LogP contribution in [0.15, 0.2) is 36.4 Å². The van der Waals surface area contributed by atoms with Gasteiger partial charge in [0.1, 0.15) is 0 Å². The molecule has 3 rings (SSSR count). The van der Waals surface area contributed by atoms with Crippen molar-refractivity contribution >= 4 is 17.9 Å². The fourth-order valence-electron chi connectivity index (χ4n) is 2.18. The smallest absolute Gasteiger partial charge is 0.335 e. The van der Waals surface area contributed by atoms with E-state index in [9.17, 15) is 14.4 Å². The van der Waals surface area contributed by atoms with Gasteiger partial charge in [0.15, 0.2) is 51.7 Å². The number of aromatic hydroxyl groups is 9. The predicted octanol–water partition coefficient (Wildman–Crippen LogP) is 1.50. The van der Waals surface area contributed by atoms with Crippen LogP contribution in [0, 0.1) is 40.4 Å². The van der Waals surface area contributed by atoms with Crippen molar-refractivity contribution < 1.29 is 116 Å². The van der Waals surface area contributed by atoms with Gasteiger partial charge < -0.3 is 61.3 Å². The fourth-order valence-corrected chi connectivity index (χ4v) is 2.18. The van der Waals surface area contributed by atoms with Crippen molar-refractivity contribution in [2.24, 2.45) is 0 Å². The molecule has 15 nitrogen and oxygen atoms in total. The van der Waals surface area contributed by atoms with E-state index < -0.39 is 69.7 Å². The summed E-state index contributed by atoms with van der Waals surface area (Å²) < 4.78 is 0. The van der Waals surface area contributed by atoms with Gasteiger partial charge in [-0.15, -0.1) is 0 Å². The summed E-state index contributed by atoms with van der Waals surface area (Å²) in [4.78, 5) is 30.9. The largest absolute Gasteiger partial charge is 0.504 e. The molecule has 0 saturated heterocycles. The van der Waals surface area contributed by atoms with Crippen LogP contribution in [0.4, 0.5) is 0 Å². The monoisotopic (exact) mass is 662 g/mol. The molecular formula is C21H18O15Sm. The Balaban J connectivity index is 0.000000518. The number of carboxylic acids is 3. The summed E-state index contributed by atoms with van der Waals surface area (Å²) in [6, 6.07) is 5.07. The minimum absolute atomic E-state index is 0. The van der Waals surface area contributed by atoms with E-state index in [1.165, 1.54) is 0 Å². The van der Waals surface area contributed by atoms with E-state index in [-0.39, 0.29) is 57.1 Å². The number of carboxylic acid groups (broad SMARTS) is 3. The first-order valence-corrected chi connectivity index (χ1v) is 9.01. The SMILES string of the molecule is O=C(O)c1cc(O)c(O)c(O)c1.O=C(O)c1cc(O)c(O)c(O)c1.O=C(O)c1cc(O)c(O)c(O)c1.[Sm]. The van der Waals surface area contributed by atoms with Gasteiger partial charge in [0.2, 0.25) is 0 Å². The summed E-state index contributed by atoms with van der Waals surface area (Å²) >= 11 is 0. The number of aromatic carboxylic acids is 3. The van der Waals surface area contributed by atoms with Gasteiger partial charge in [0, 0.05) is 40.4 Å². The minimum atomic E-state index is -1.29. The molecule has 0 heterocycles. The molecule has 0 radical (unpaired) electrons. The maximum Gasteiger partial charge on any atom is 0.335 e. The average Bonchev–Trinajstić information content (AvgIpc) is 2.79. The van der Waals surface area contributed by atoms with Crippen molar-refractivity contribution in [3.8, 4) is 51.7 Å². The maximum atomic E-state index is 10.3. The number of hydrogen-bond acceptors (Lipinski definition) is 12. The van der Waals surface area contributed by atoms with Crippen molar-refractivity contribution in [3.05, 3.63) is 53.1 Å². The standard InChI is InChI=1S/3C7H6O5.Sm/c3*8-4-1-3(7(11)12)2-5(9)6(4)10;/h3*1-2,8-10H,(H,11,12);. The van der Waals surface area contributed by atoms with Gasteiger partial charge in [-0.05, 0) is 36.4 Å². The second kappa shape index (κ2) is 13.6. The molecule has 16 heteroatoms. The molecule has 3 aromatic rings. The van der Waals surface area contributed by atoms with Crippen LogP contribution in [-0.4, -0.2) is 79.2 Å². The van der Waals surface area contributed by atoms with Gasteiger partial charge >= 0.3 is 17.9 Å². The molecule has 0 fully saturated rings. The first kappa shape index (κ1) is 32.6. The topological polar surface area (TPSA) is 294 Å². The quantitative estimate of drug-likeness (QED) is 0.177. The summed E-state index contributed by atoms with van der Waals surface area (Å²) in [5.41, 5.74) is -0.867. The van der Waals surface area contributed by atoms with Gasteiger partial charge in [0.25, 0.3) is 0 Å². The van der Waals surface area contributed by atoms with Crippen LogP contribution in [0.5, 0.6) is 51.7 Å². The summed E-state index contributed by atoms with van der Waals surface area (Å²) in [6.07, 6.45) is 0. The zero-order valence-corrected chi connectivity index (χ0v) is 20.6. The Labute approximate surface area is 237 Å². The van der Waals surface area contributed by atoms with Gasteiger partial charge in [0.05, 0.1) is 16.7 Å². The average molecular weight is 661 g/mol. The molecular weight excluding hydrogens is 643 g/mol. The van der Waals surface area contributed by atoms with E-state index in [4.69, 9.17) is 61.3 Å². The molecule has 0 saturated carbocycles. The zero-order chi connectivity index (χ0) is 27.9. The molecule has 0 aliphatic heterocycles. The van der Waals surface area contributed by atoms with E-state index in [0.29, 0.717) is 0 Å². The van der Waals surface area contributed by atoms with Crippen LogP contribution in [0.1, 0.15) is 31.1 Å². The van der Waals surface area contributed by atoms with E-state index >= 15 is 0 Å². The fraction of sp³-hybridized carbons (Fsp3) is 0. The van der Waals surface area contributed by atoms with Crippen LogP contribution >= 0.6 is 0 Å². The number of phenols is 9. The maximum absolute atomic E-state index is 10.3. The Hall–Kier alpha value is -4.39. The van der Waals surface area contributed by atoms with Crippen molar-refractivity contribution in [3.63, 3.8) is 0 Å². The van der Waals surface area contributed by atoms with E-state index in [0.717, 1.165) is 36.4 Å². The number of phenolic OH excluding ortho intramolecular Hbond substituents is 9. The summed E-state index contributed by atoms with van der Waals surface area (Å²) in [6.45, 7) is 0. The van der Waals surface area contributed by atoms with Crippen molar-refractivity contribution in [2.45, 2.75) is 0 Å². The molecule has 0 atom stereocenters. The molecule has 12 N–H and O–H groups in total. The van der Waals surface area contributed by atoms with Crippen molar-refractivity contribution in [2.75, 3.05) is 0 Å². The number of hydrogen-bond donors (Lipinski definition) is 12. The summed E-state index contributed by atoms with van der Waals surface area (Å²) in [5, 5.41) is 105. The number of rotatable bonds is 3. The Morgan fingerprint density at radius 2 is 0.514 bits per heavy atom. The minimum Gasteiger partial charge on any atom is -0.504 e. The van der Waals surface area contributed by atoms with Crippen LogP contribution in [0.25, 0.3) is 0 Å². The van der Waals surface area contributed by atoms with Gasteiger partial charge in [-0.2, -0.15) is 0 Å². The third-order valence-electron chi connectivity index (χ3n) is 3.95. The second-order valence-electron chi connectivity index (χ2n) is 6.50. The third kappa shape index (κ3) is 8.96. The van der Waals surface area contributed by atoms with E-state index in [2.05, 4.69) is 0 Å². The number of carbonyl (C=O) groups is 3.